The number of hydrogen-bond donors (Lipinski definition) is 2. The second-order valence-corrected chi connectivity index (χ2v) is 3.19. The van der Waals surface area contributed by atoms with Crippen LogP contribution in [0.5, 0.6) is 0 Å². The van der Waals surface area contributed by atoms with E-state index in [0.29, 0.717) is 10.5 Å². The molecule has 1 amide bonds. The van der Waals surface area contributed by atoms with Crippen molar-refractivity contribution >= 4 is 27.7 Å². The van der Waals surface area contributed by atoms with Crippen molar-refractivity contribution in [3.05, 3.63) is 28.8 Å². The average molecular weight is 257 g/mol. The highest BCUT2D eigenvalue weighted by Crippen LogP contribution is 2.14. The van der Waals surface area contributed by atoms with E-state index in [-0.39, 0.29) is 11.7 Å². The van der Waals surface area contributed by atoms with Gasteiger partial charge in [0.1, 0.15) is 0 Å². The number of H-pyrrole nitrogens is 1. The van der Waals surface area contributed by atoms with Crippen molar-refractivity contribution in [1.82, 2.24) is 15.4 Å². The minimum atomic E-state index is -0.371. The number of carbonyl (C=O) groups excluding carboxylic acids is 1. The van der Waals surface area contributed by atoms with Crippen LogP contribution in [0.3, 0.4) is 0 Å². The van der Waals surface area contributed by atoms with Gasteiger partial charge in [-0.3, -0.25) is 4.79 Å². The molecule has 2 rings (SSSR count). The maximum absolute atomic E-state index is 11.4. The SMILES string of the molecule is O=C(Nc1cn[nH]n1)c1ccc(Br)o1. The van der Waals surface area contributed by atoms with Gasteiger partial charge in [-0.2, -0.15) is 10.3 Å². The second-order valence-electron chi connectivity index (χ2n) is 2.41. The summed E-state index contributed by atoms with van der Waals surface area (Å²) in [5.74, 6) is 0.187. The fourth-order valence-corrected chi connectivity index (χ4v) is 1.18. The van der Waals surface area contributed by atoms with Gasteiger partial charge in [-0.15, -0.1) is 5.10 Å². The highest BCUT2D eigenvalue weighted by atomic mass is 79.9. The van der Waals surface area contributed by atoms with Gasteiger partial charge in [-0.1, -0.05) is 0 Å². The molecule has 0 bridgehead atoms. The summed E-state index contributed by atoms with van der Waals surface area (Å²) in [4.78, 5) is 11.4. The molecule has 0 radical (unpaired) electrons. The lowest BCUT2D eigenvalue weighted by atomic mass is 10.4. The summed E-state index contributed by atoms with van der Waals surface area (Å²) in [6.45, 7) is 0. The molecule has 2 aromatic heterocycles. The predicted octanol–water partition coefficient (Wildman–Crippen LogP) is 1.41. The zero-order chi connectivity index (χ0) is 9.97. The Balaban J connectivity index is 2.10. The number of aromatic nitrogens is 3. The summed E-state index contributed by atoms with van der Waals surface area (Å²) in [7, 11) is 0. The molecule has 0 saturated carbocycles. The molecule has 72 valence electrons. The van der Waals surface area contributed by atoms with E-state index < -0.39 is 0 Å². The van der Waals surface area contributed by atoms with Crippen molar-refractivity contribution in [3.8, 4) is 0 Å². The molecule has 7 heteroatoms. The van der Waals surface area contributed by atoms with Gasteiger partial charge in [-0.05, 0) is 28.1 Å². The number of halogens is 1. The molecule has 2 aromatic rings. The highest BCUT2D eigenvalue weighted by molar-refractivity contribution is 9.10. The monoisotopic (exact) mass is 256 g/mol. The molecule has 0 aromatic carbocycles. The first-order valence-electron chi connectivity index (χ1n) is 3.68. The Morgan fingerprint density at radius 1 is 1.57 bits per heavy atom. The van der Waals surface area contributed by atoms with Crippen LogP contribution < -0.4 is 5.32 Å². The summed E-state index contributed by atoms with van der Waals surface area (Å²) in [6, 6.07) is 3.19. The number of anilines is 1. The maximum Gasteiger partial charge on any atom is 0.292 e. The number of carbonyl (C=O) groups is 1. The third kappa shape index (κ3) is 1.82. The molecule has 0 unspecified atom stereocenters. The number of rotatable bonds is 2. The van der Waals surface area contributed by atoms with Crippen molar-refractivity contribution in [2.24, 2.45) is 0 Å². The second kappa shape index (κ2) is 3.62. The summed E-state index contributed by atoms with van der Waals surface area (Å²) < 4.78 is 5.54. The fraction of sp³-hybridized carbons (Fsp3) is 0. The van der Waals surface area contributed by atoms with Gasteiger partial charge >= 0.3 is 0 Å². The third-order valence-corrected chi connectivity index (χ3v) is 1.88. The summed E-state index contributed by atoms with van der Waals surface area (Å²) in [5, 5.41) is 12.1. The van der Waals surface area contributed by atoms with Crippen LogP contribution in [0.2, 0.25) is 0 Å². The number of hydrogen-bond acceptors (Lipinski definition) is 4. The number of nitrogens with zero attached hydrogens (tertiary/aromatic N) is 2. The van der Waals surface area contributed by atoms with Gasteiger partial charge < -0.3 is 9.73 Å². The van der Waals surface area contributed by atoms with Gasteiger partial charge in [0, 0.05) is 0 Å². The van der Waals surface area contributed by atoms with Crippen molar-refractivity contribution < 1.29 is 9.21 Å². The number of nitrogens with one attached hydrogen (secondary N) is 2. The maximum atomic E-state index is 11.4. The van der Waals surface area contributed by atoms with Gasteiger partial charge in [0.2, 0.25) is 0 Å². The zero-order valence-electron chi connectivity index (χ0n) is 6.82. The predicted molar refractivity (Wildman–Crippen MR) is 50.7 cm³/mol. The van der Waals surface area contributed by atoms with Gasteiger partial charge in [0.15, 0.2) is 16.2 Å². The van der Waals surface area contributed by atoms with Crippen molar-refractivity contribution in [1.29, 1.82) is 0 Å². The standard InChI is InChI=1S/C7H5BrN4O2/c8-5-2-1-4(14-5)7(13)10-6-3-9-12-11-6/h1-3H,(H2,9,10,11,12,13). The topological polar surface area (TPSA) is 83.8 Å². The molecule has 2 N–H and O–H groups in total. The zero-order valence-corrected chi connectivity index (χ0v) is 8.41. The molecule has 0 atom stereocenters. The highest BCUT2D eigenvalue weighted by Gasteiger charge is 2.11. The van der Waals surface area contributed by atoms with Gasteiger partial charge in [-0.25, -0.2) is 0 Å². The Morgan fingerprint density at radius 3 is 3.00 bits per heavy atom. The molecule has 14 heavy (non-hydrogen) atoms. The molecular formula is C7H5BrN4O2. The van der Waals surface area contributed by atoms with Crippen molar-refractivity contribution in [2.45, 2.75) is 0 Å². The first kappa shape index (κ1) is 8.95. The van der Waals surface area contributed by atoms with E-state index in [2.05, 4.69) is 36.7 Å². The van der Waals surface area contributed by atoms with Crippen LogP contribution in [-0.4, -0.2) is 21.3 Å². The lowest BCUT2D eigenvalue weighted by Crippen LogP contribution is -2.10. The van der Waals surface area contributed by atoms with Crippen LogP contribution in [0.15, 0.2) is 27.4 Å². The summed E-state index contributed by atoms with van der Waals surface area (Å²) in [6.07, 6.45) is 1.40. The Labute approximate surface area is 86.8 Å². The van der Waals surface area contributed by atoms with E-state index >= 15 is 0 Å². The molecule has 0 spiro atoms. The van der Waals surface area contributed by atoms with Crippen molar-refractivity contribution in [3.63, 3.8) is 0 Å². The van der Waals surface area contributed by atoms with Gasteiger partial charge in [0.25, 0.3) is 5.91 Å². The quantitative estimate of drug-likeness (QED) is 0.851. The summed E-state index contributed by atoms with van der Waals surface area (Å²) in [5.41, 5.74) is 0. The molecule has 0 aliphatic rings. The number of furan rings is 1. The smallest absolute Gasteiger partial charge is 0.292 e. The van der Waals surface area contributed by atoms with Crippen LogP contribution in [-0.2, 0) is 0 Å². The van der Waals surface area contributed by atoms with E-state index in [1.165, 1.54) is 6.20 Å². The van der Waals surface area contributed by atoms with Crippen LogP contribution in [0.4, 0.5) is 5.82 Å². The van der Waals surface area contributed by atoms with Crippen LogP contribution in [0.25, 0.3) is 0 Å². The van der Waals surface area contributed by atoms with Crippen LogP contribution in [0.1, 0.15) is 10.6 Å². The summed E-state index contributed by atoms with van der Waals surface area (Å²) >= 11 is 3.10. The number of aromatic amines is 1. The van der Waals surface area contributed by atoms with E-state index in [0.717, 1.165) is 0 Å². The Morgan fingerprint density at radius 2 is 2.43 bits per heavy atom. The lowest BCUT2D eigenvalue weighted by Gasteiger charge is -1.95. The molecule has 0 aliphatic carbocycles. The minimum absolute atomic E-state index is 0.208. The van der Waals surface area contributed by atoms with Crippen LogP contribution >= 0.6 is 15.9 Å². The average Bonchev–Trinajstić information content (AvgIpc) is 2.75. The minimum Gasteiger partial charge on any atom is -0.444 e. The molecule has 0 aliphatic heterocycles. The lowest BCUT2D eigenvalue weighted by molar-refractivity contribution is 0.0995. The largest absolute Gasteiger partial charge is 0.444 e. The molecule has 6 nitrogen and oxygen atoms in total. The molecular weight excluding hydrogens is 252 g/mol. The van der Waals surface area contributed by atoms with E-state index in [1.54, 1.807) is 12.1 Å². The van der Waals surface area contributed by atoms with Crippen LogP contribution in [0, 0.1) is 0 Å². The fourth-order valence-electron chi connectivity index (χ4n) is 0.876. The molecule has 0 fully saturated rings. The first-order chi connectivity index (χ1) is 6.75. The Kier molecular flexibility index (Phi) is 2.32. The van der Waals surface area contributed by atoms with E-state index in [4.69, 9.17) is 4.42 Å². The third-order valence-electron chi connectivity index (χ3n) is 1.45. The van der Waals surface area contributed by atoms with Crippen molar-refractivity contribution in [2.75, 3.05) is 5.32 Å². The van der Waals surface area contributed by atoms with E-state index in [1.807, 2.05) is 0 Å². The number of amides is 1. The normalized spacial score (nSPS) is 10.1. The molecule has 0 saturated heterocycles. The van der Waals surface area contributed by atoms with Gasteiger partial charge in [0.05, 0.1) is 6.20 Å². The van der Waals surface area contributed by atoms with E-state index in [9.17, 15) is 4.79 Å². The Hall–Kier alpha value is -1.63. The first-order valence-corrected chi connectivity index (χ1v) is 4.47. The molecule has 2 heterocycles. The Bertz CT molecular complexity index is 436.